The maximum Gasteiger partial charge on any atom is 0.273 e. The molecule has 1 atom stereocenters. The minimum Gasteiger partial charge on any atom is -0.382 e. The summed E-state index contributed by atoms with van der Waals surface area (Å²) in [7, 11) is 4.72. The molecule has 0 fully saturated rings. The number of carbonyl (C=O) groups is 2. The van der Waals surface area contributed by atoms with Crippen molar-refractivity contribution in [1.82, 2.24) is 20.1 Å². The molecule has 1 heterocycles. The van der Waals surface area contributed by atoms with Crippen LogP contribution in [0, 0.1) is 0 Å². The Balaban J connectivity index is 2.94. The molecule has 0 aliphatic carbocycles. The number of nitrogens with two attached hydrogens (primary N) is 1. The van der Waals surface area contributed by atoms with Crippen LogP contribution < -0.4 is 11.3 Å². The molecule has 0 spiro atoms. The van der Waals surface area contributed by atoms with E-state index in [1.807, 2.05) is 5.43 Å². The quantitative estimate of drug-likeness (QED) is 0.389. The van der Waals surface area contributed by atoms with Crippen molar-refractivity contribution in [1.29, 1.82) is 0 Å². The maximum absolute atomic E-state index is 11.7. The summed E-state index contributed by atoms with van der Waals surface area (Å²) in [6.07, 6.45) is 1.54. The normalized spacial score (nSPS) is 12.0. The van der Waals surface area contributed by atoms with Crippen LogP contribution in [-0.2, 0) is 9.53 Å². The molecular weight excluding hydrogens is 238 g/mol. The van der Waals surface area contributed by atoms with Crippen LogP contribution in [0.5, 0.6) is 0 Å². The fourth-order valence-electron chi connectivity index (χ4n) is 1.38. The van der Waals surface area contributed by atoms with Crippen LogP contribution in [0.15, 0.2) is 12.3 Å². The van der Waals surface area contributed by atoms with E-state index in [0.717, 1.165) is 0 Å². The monoisotopic (exact) mass is 255 g/mol. The number of hydrogen-bond acceptors (Lipinski definition) is 5. The van der Waals surface area contributed by atoms with Gasteiger partial charge in [0.25, 0.3) is 11.8 Å². The van der Waals surface area contributed by atoms with Crippen molar-refractivity contribution in [2.45, 2.75) is 6.04 Å². The standard InChI is InChI=1S/C10H17N5O3/c1-14(2)10(17)7-4-5-15(13-7)8(6-18-3)9(16)12-11/h4-5,8H,6,11H2,1-3H3,(H,12,16). The summed E-state index contributed by atoms with van der Waals surface area (Å²) in [5, 5.41) is 4.05. The van der Waals surface area contributed by atoms with E-state index in [9.17, 15) is 9.59 Å². The van der Waals surface area contributed by atoms with E-state index in [4.69, 9.17) is 10.6 Å². The Morgan fingerprint density at radius 1 is 1.61 bits per heavy atom. The van der Waals surface area contributed by atoms with E-state index >= 15 is 0 Å². The first kappa shape index (κ1) is 14.1. The molecule has 3 N–H and O–H groups in total. The second-order valence-corrected chi connectivity index (χ2v) is 3.86. The second kappa shape index (κ2) is 6.12. The number of aromatic nitrogens is 2. The molecule has 0 aliphatic rings. The third-order valence-electron chi connectivity index (χ3n) is 2.32. The molecule has 0 saturated carbocycles. The van der Waals surface area contributed by atoms with Crippen LogP contribution in [0.4, 0.5) is 0 Å². The van der Waals surface area contributed by atoms with Crippen LogP contribution in [0.1, 0.15) is 16.5 Å². The van der Waals surface area contributed by atoms with Gasteiger partial charge in [-0.05, 0) is 6.07 Å². The molecular formula is C10H17N5O3. The zero-order valence-electron chi connectivity index (χ0n) is 10.6. The van der Waals surface area contributed by atoms with Crippen LogP contribution >= 0.6 is 0 Å². The van der Waals surface area contributed by atoms with Gasteiger partial charge in [0.1, 0.15) is 5.69 Å². The van der Waals surface area contributed by atoms with E-state index in [1.165, 1.54) is 29.0 Å². The number of methoxy groups -OCH3 is 1. The molecule has 0 aromatic carbocycles. The lowest BCUT2D eigenvalue weighted by molar-refractivity contribution is -0.126. The molecule has 0 saturated heterocycles. The highest BCUT2D eigenvalue weighted by molar-refractivity contribution is 5.91. The first-order valence-corrected chi connectivity index (χ1v) is 5.27. The van der Waals surface area contributed by atoms with E-state index in [0.29, 0.717) is 0 Å². The topological polar surface area (TPSA) is 102 Å². The van der Waals surface area contributed by atoms with Crippen LogP contribution in [0.2, 0.25) is 0 Å². The molecule has 100 valence electrons. The molecule has 0 bridgehead atoms. The summed E-state index contributed by atoms with van der Waals surface area (Å²) in [6, 6.07) is 0.832. The highest BCUT2D eigenvalue weighted by atomic mass is 16.5. The van der Waals surface area contributed by atoms with Gasteiger partial charge in [-0.1, -0.05) is 0 Å². The third kappa shape index (κ3) is 3.05. The highest BCUT2D eigenvalue weighted by Crippen LogP contribution is 2.08. The van der Waals surface area contributed by atoms with Crippen molar-refractivity contribution in [3.8, 4) is 0 Å². The summed E-state index contributed by atoms with van der Waals surface area (Å²) in [6.45, 7) is 0.111. The van der Waals surface area contributed by atoms with Gasteiger partial charge in [0.2, 0.25) is 0 Å². The van der Waals surface area contributed by atoms with Gasteiger partial charge >= 0.3 is 0 Å². The Bertz CT molecular complexity index is 429. The molecule has 1 aromatic heterocycles. The minimum atomic E-state index is -0.705. The van der Waals surface area contributed by atoms with Gasteiger partial charge in [0, 0.05) is 27.4 Å². The Labute approximate surface area is 105 Å². The fraction of sp³-hybridized carbons (Fsp3) is 0.500. The molecule has 8 heteroatoms. The predicted molar refractivity (Wildman–Crippen MR) is 63.5 cm³/mol. The van der Waals surface area contributed by atoms with Crippen molar-refractivity contribution >= 4 is 11.8 Å². The van der Waals surface area contributed by atoms with E-state index < -0.39 is 11.9 Å². The van der Waals surface area contributed by atoms with Crippen LogP contribution in [-0.4, -0.2) is 54.3 Å². The smallest absolute Gasteiger partial charge is 0.273 e. The molecule has 1 aromatic rings. The highest BCUT2D eigenvalue weighted by Gasteiger charge is 2.22. The van der Waals surface area contributed by atoms with Gasteiger partial charge in [-0.3, -0.25) is 19.7 Å². The predicted octanol–water partition coefficient (Wildman–Crippen LogP) is -1.24. The van der Waals surface area contributed by atoms with Gasteiger partial charge < -0.3 is 9.64 Å². The first-order chi connectivity index (χ1) is 8.51. The van der Waals surface area contributed by atoms with Crippen LogP contribution in [0.25, 0.3) is 0 Å². The van der Waals surface area contributed by atoms with Gasteiger partial charge in [-0.15, -0.1) is 0 Å². The van der Waals surface area contributed by atoms with Crippen LogP contribution in [0.3, 0.4) is 0 Å². The van der Waals surface area contributed by atoms with E-state index in [-0.39, 0.29) is 18.2 Å². The van der Waals surface area contributed by atoms with Crippen molar-refractivity contribution in [2.24, 2.45) is 5.84 Å². The second-order valence-electron chi connectivity index (χ2n) is 3.86. The van der Waals surface area contributed by atoms with Gasteiger partial charge in [-0.25, -0.2) is 5.84 Å². The fourth-order valence-corrected chi connectivity index (χ4v) is 1.38. The van der Waals surface area contributed by atoms with Gasteiger partial charge in [-0.2, -0.15) is 5.10 Å². The summed E-state index contributed by atoms with van der Waals surface area (Å²) < 4.78 is 6.28. The number of rotatable bonds is 5. The number of carbonyl (C=O) groups excluding carboxylic acids is 2. The average molecular weight is 255 g/mol. The molecule has 18 heavy (non-hydrogen) atoms. The van der Waals surface area contributed by atoms with E-state index in [1.54, 1.807) is 14.1 Å². The number of hydrogen-bond donors (Lipinski definition) is 2. The van der Waals surface area contributed by atoms with Crippen molar-refractivity contribution in [3.63, 3.8) is 0 Å². The average Bonchev–Trinajstić information content (AvgIpc) is 2.83. The largest absolute Gasteiger partial charge is 0.382 e. The van der Waals surface area contributed by atoms with Gasteiger partial charge in [0.15, 0.2) is 6.04 Å². The van der Waals surface area contributed by atoms with Crippen molar-refractivity contribution in [2.75, 3.05) is 27.8 Å². The zero-order chi connectivity index (χ0) is 13.7. The molecule has 1 rings (SSSR count). The molecule has 0 aliphatic heterocycles. The number of hydrazine groups is 1. The first-order valence-electron chi connectivity index (χ1n) is 5.27. The third-order valence-corrected chi connectivity index (χ3v) is 2.32. The van der Waals surface area contributed by atoms with Crippen molar-refractivity contribution < 1.29 is 14.3 Å². The number of nitrogens with zero attached hydrogens (tertiary/aromatic N) is 3. The molecule has 1 unspecified atom stereocenters. The Hall–Kier alpha value is -1.93. The lowest BCUT2D eigenvalue weighted by atomic mass is 10.3. The van der Waals surface area contributed by atoms with E-state index in [2.05, 4.69) is 5.10 Å². The van der Waals surface area contributed by atoms with Crippen molar-refractivity contribution in [3.05, 3.63) is 18.0 Å². The molecule has 2 amide bonds. The summed E-state index contributed by atoms with van der Waals surface area (Å²) in [5.74, 6) is 4.41. The summed E-state index contributed by atoms with van der Waals surface area (Å²) >= 11 is 0. The maximum atomic E-state index is 11.7. The number of amides is 2. The Morgan fingerprint density at radius 3 is 2.78 bits per heavy atom. The molecule has 8 nitrogen and oxygen atoms in total. The molecule has 0 radical (unpaired) electrons. The lowest BCUT2D eigenvalue weighted by Gasteiger charge is -2.14. The Morgan fingerprint density at radius 2 is 2.28 bits per heavy atom. The number of ether oxygens (including phenoxy) is 1. The number of nitrogens with one attached hydrogen (secondary N) is 1. The zero-order valence-corrected chi connectivity index (χ0v) is 10.6. The SMILES string of the molecule is COCC(C(=O)NN)n1ccc(C(=O)N(C)C)n1. The Kier molecular flexibility index (Phi) is 4.81. The summed E-state index contributed by atoms with van der Waals surface area (Å²) in [5.41, 5.74) is 2.29. The van der Waals surface area contributed by atoms with Gasteiger partial charge in [0.05, 0.1) is 6.61 Å². The summed E-state index contributed by atoms with van der Waals surface area (Å²) in [4.78, 5) is 24.6. The lowest BCUT2D eigenvalue weighted by Crippen LogP contribution is -2.39. The minimum absolute atomic E-state index is 0.111.